The summed E-state index contributed by atoms with van der Waals surface area (Å²) in [4.78, 5) is 47.5. The van der Waals surface area contributed by atoms with Gasteiger partial charge in [-0.3, -0.25) is 14.4 Å². The molecule has 0 radical (unpaired) electrons. The maximum absolute atomic E-state index is 14.6. The second-order valence-electron chi connectivity index (χ2n) is 11.3. The van der Waals surface area contributed by atoms with Gasteiger partial charge in [-0.1, -0.05) is 13.0 Å². The van der Waals surface area contributed by atoms with Crippen molar-refractivity contribution in [2.75, 3.05) is 49.2 Å². The summed E-state index contributed by atoms with van der Waals surface area (Å²) < 4.78 is 12.2. The number of aliphatic hydroxyl groups excluding tert-OH is 1. The van der Waals surface area contributed by atoms with Crippen molar-refractivity contribution in [2.45, 2.75) is 71.1 Å². The van der Waals surface area contributed by atoms with Crippen LogP contribution < -0.4 is 9.80 Å². The van der Waals surface area contributed by atoms with E-state index in [4.69, 9.17) is 9.47 Å². The van der Waals surface area contributed by atoms with E-state index in [1.807, 2.05) is 38.1 Å². The maximum atomic E-state index is 14.6. The monoisotopic (exact) mass is 555 g/mol. The van der Waals surface area contributed by atoms with Gasteiger partial charge in [0.25, 0.3) is 5.91 Å². The Hall–Kier alpha value is -2.91. The molecule has 3 fully saturated rings. The van der Waals surface area contributed by atoms with E-state index in [1.54, 1.807) is 22.8 Å². The topological polar surface area (TPSA) is 99.6 Å². The maximum Gasteiger partial charge on any atom is 0.312 e. The van der Waals surface area contributed by atoms with E-state index in [-0.39, 0.29) is 37.5 Å². The molecule has 9 heteroatoms. The van der Waals surface area contributed by atoms with Crippen LogP contribution in [0.5, 0.6) is 0 Å². The molecule has 3 aliphatic heterocycles. The van der Waals surface area contributed by atoms with Gasteiger partial charge in [0.1, 0.15) is 17.6 Å². The van der Waals surface area contributed by atoms with Crippen molar-refractivity contribution in [2.24, 2.45) is 17.8 Å². The van der Waals surface area contributed by atoms with Gasteiger partial charge in [0, 0.05) is 44.2 Å². The lowest BCUT2D eigenvalue weighted by atomic mass is 9.62. The Balaban J connectivity index is 1.77. The lowest BCUT2D eigenvalue weighted by Gasteiger charge is -2.37. The zero-order valence-corrected chi connectivity index (χ0v) is 24.6. The van der Waals surface area contributed by atoms with Crippen LogP contribution in [-0.4, -0.2) is 84.4 Å². The first-order valence-electron chi connectivity index (χ1n) is 14.7. The minimum Gasteiger partial charge on any atom is -0.466 e. The second kappa shape index (κ2) is 11.9. The number of unbranched alkanes of at least 4 members (excludes halogenated alkanes) is 1. The molecule has 0 aliphatic carbocycles. The minimum absolute atomic E-state index is 0.00620. The summed E-state index contributed by atoms with van der Waals surface area (Å²) in [5.41, 5.74) is -0.273. The lowest BCUT2D eigenvalue weighted by molar-refractivity contribution is -0.161. The highest BCUT2D eigenvalue weighted by atomic mass is 16.6. The number of nitrogens with zero attached hydrogens (tertiary/aromatic N) is 3. The molecule has 0 saturated carbocycles. The molecular formula is C31H45N3O6. The molecule has 3 heterocycles. The van der Waals surface area contributed by atoms with E-state index < -0.39 is 35.0 Å². The quantitative estimate of drug-likeness (QED) is 0.226. The van der Waals surface area contributed by atoms with Gasteiger partial charge in [-0.2, -0.15) is 0 Å². The van der Waals surface area contributed by atoms with Gasteiger partial charge in [-0.25, -0.2) is 0 Å². The van der Waals surface area contributed by atoms with Crippen LogP contribution in [0.4, 0.5) is 11.4 Å². The number of rotatable bonds is 13. The Labute approximate surface area is 238 Å². The number of carbonyl (C=O) groups is 3. The van der Waals surface area contributed by atoms with Crippen molar-refractivity contribution in [3.8, 4) is 0 Å². The number of hydrogen-bond acceptors (Lipinski definition) is 7. The number of anilines is 2. The zero-order valence-electron chi connectivity index (χ0n) is 24.6. The molecule has 0 aromatic heterocycles. The molecule has 40 heavy (non-hydrogen) atoms. The number of likely N-dealkylation sites (tertiary alicyclic amines) is 1. The SMILES string of the molecule is C=CCN(C(=O)C1N(CCCCO)C(=O)[C@@H]2[C@@H](C(=O)OCC)[C@]3(C)OC12CC3C)c1ccc(N(CC)CC)cc1. The average molecular weight is 556 g/mol. The zero-order chi connectivity index (χ0) is 29.2. The number of ether oxygens (including phenoxy) is 2. The molecule has 1 N–H and O–H groups in total. The summed E-state index contributed by atoms with van der Waals surface area (Å²) >= 11 is 0. The van der Waals surface area contributed by atoms with E-state index in [0.29, 0.717) is 31.5 Å². The van der Waals surface area contributed by atoms with Crippen LogP contribution in [0.15, 0.2) is 36.9 Å². The summed E-state index contributed by atoms with van der Waals surface area (Å²) in [6, 6.07) is 6.95. The molecule has 3 unspecified atom stereocenters. The number of hydrogen-bond donors (Lipinski definition) is 1. The molecular weight excluding hydrogens is 510 g/mol. The minimum atomic E-state index is -1.14. The van der Waals surface area contributed by atoms with Crippen LogP contribution in [0.3, 0.4) is 0 Å². The Kier molecular flexibility index (Phi) is 8.95. The molecule has 1 spiro atoms. The van der Waals surface area contributed by atoms with Gasteiger partial charge >= 0.3 is 5.97 Å². The lowest BCUT2D eigenvalue weighted by Crippen LogP contribution is -2.57. The molecule has 3 aliphatic rings. The third-order valence-electron chi connectivity index (χ3n) is 9.26. The molecule has 3 saturated heterocycles. The van der Waals surface area contributed by atoms with Crippen LogP contribution in [0.2, 0.25) is 0 Å². The molecule has 9 nitrogen and oxygen atoms in total. The van der Waals surface area contributed by atoms with Crippen molar-refractivity contribution < 1.29 is 29.0 Å². The largest absolute Gasteiger partial charge is 0.466 e. The number of amides is 2. The van der Waals surface area contributed by atoms with Crippen molar-refractivity contribution in [3.05, 3.63) is 36.9 Å². The van der Waals surface area contributed by atoms with Crippen molar-refractivity contribution in [1.82, 2.24) is 4.90 Å². The van der Waals surface area contributed by atoms with E-state index in [0.717, 1.165) is 18.8 Å². The van der Waals surface area contributed by atoms with Crippen LogP contribution in [0, 0.1) is 17.8 Å². The number of aliphatic hydroxyl groups is 1. The average Bonchev–Trinajstić information content (AvgIpc) is 3.45. The third-order valence-corrected chi connectivity index (χ3v) is 9.26. The Morgan fingerprint density at radius 1 is 1.18 bits per heavy atom. The number of benzene rings is 1. The van der Waals surface area contributed by atoms with Crippen LogP contribution in [0.25, 0.3) is 0 Å². The fraction of sp³-hybridized carbons (Fsp3) is 0.645. The summed E-state index contributed by atoms with van der Waals surface area (Å²) in [6.45, 7) is 16.2. The van der Waals surface area contributed by atoms with Crippen LogP contribution in [0.1, 0.15) is 53.9 Å². The molecule has 2 bridgehead atoms. The first-order chi connectivity index (χ1) is 19.1. The molecule has 1 aromatic rings. The van der Waals surface area contributed by atoms with Crippen molar-refractivity contribution in [1.29, 1.82) is 0 Å². The standard InChI is InChI=1S/C31H45N3O6/c1-7-17-33(23-15-13-22(14-16-23)32(8-2)9-3)28(37)26-31-20-21(5)30(6,40-31)25(29(38)39-10-4)24(31)27(36)34(26)18-11-12-19-35/h7,13-16,21,24-26,35H,1,8-12,17-20H2,2-6H3/t21?,24-,25-,26?,30+,31?/m0/s1. The molecule has 1 aromatic carbocycles. The van der Waals surface area contributed by atoms with E-state index in [9.17, 15) is 19.5 Å². The predicted molar refractivity (Wildman–Crippen MR) is 154 cm³/mol. The van der Waals surface area contributed by atoms with Crippen LogP contribution in [-0.2, 0) is 23.9 Å². The van der Waals surface area contributed by atoms with Gasteiger partial charge in [-0.15, -0.1) is 6.58 Å². The Bertz CT molecular complexity index is 1100. The van der Waals surface area contributed by atoms with Gasteiger partial charge in [0.05, 0.1) is 18.1 Å². The summed E-state index contributed by atoms with van der Waals surface area (Å²) in [7, 11) is 0. The van der Waals surface area contributed by atoms with Gasteiger partial charge in [0.2, 0.25) is 5.91 Å². The van der Waals surface area contributed by atoms with Gasteiger partial charge in [0.15, 0.2) is 0 Å². The molecule has 4 rings (SSSR count). The predicted octanol–water partition coefficient (Wildman–Crippen LogP) is 3.40. The van der Waals surface area contributed by atoms with Gasteiger partial charge in [-0.05, 0) is 77.1 Å². The highest BCUT2D eigenvalue weighted by Crippen LogP contribution is 2.65. The van der Waals surface area contributed by atoms with E-state index >= 15 is 0 Å². The summed E-state index contributed by atoms with van der Waals surface area (Å²) in [5.74, 6) is -2.60. The first kappa shape index (κ1) is 30.1. The molecule has 220 valence electrons. The Morgan fingerprint density at radius 3 is 2.40 bits per heavy atom. The van der Waals surface area contributed by atoms with E-state index in [2.05, 4.69) is 25.3 Å². The smallest absolute Gasteiger partial charge is 0.312 e. The second-order valence-corrected chi connectivity index (χ2v) is 11.3. The van der Waals surface area contributed by atoms with Gasteiger partial charge < -0.3 is 29.3 Å². The Morgan fingerprint density at radius 2 is 1.82 bits per heavy atom. The number of fused-ring (bicyclic) bond motifs is 1. The highest BCUT2D eigenvalue weighted by Gasteiger charge is 2.80. The number of carbonyl (C=O) groups excluding carboxylic acids is 3. The summed E-state index contributed by atoms with van der Waals surface area (Å²) in [5, 5.41) is 9.41. The fourth-order valence-corrected chi connectivity index (χ4v) is 7.27. The van der Waals surface area contributed by atoms with Crippen molar-refractivity contribution >= 4 is 29.2 Å². The van der Waals surface area contributed by atoms with Crippen molar-refractivity contribution in [3.63, 3.8) is 0 Å². The third kappa shape index (κ3) is 4.71. The fourth-order valence-electron chi connectivity index (χ4n) is 7.27. The summed E-state index contributed by atoms with van der Waals surface area (Å²) in [6.07, 6.45) is 3.20. The van der Waals surface area contributed by atoms with Crippen LogP contribution >= 0.6 is 0 Å². The molecule has 6 atom stereocenters. The van der Waals surface area contributed by atoms with E-state index in [1.165, 1.54) is 0 Å². The first-order valence-corrected chi connectivity index (χ1v) is 14.7. The normalized spacial score (nSPS) is 30.4. The molecule has 2 amide bonds. The highest BCUT2D eigenvalue weighted by molar-refractivity contribution is 6.05. The number of esters is 1.